The summed E-state index contributed by atoms with van der Waals surface area (Å²) < 4.78 is 5.83. The van der Waals surface area contributed by atoms with E-state index in [0.29, 0.717) is 12.8 Å². The first kappa shape index (κ1) is 31.7. The molecule has 0 bridgehead atoms. The number of esters is 1. The molecule has 0 aromatic heterocycles. The third-order valence-electron chi connectivity index (χ3n) is 6.24. The van der Waals surface area contributed by atoms with E-state index in [9.17, 15) is 9.59 Å². The fraction of sp³-hybridized carbons (Fsp3) is 0.862. The van der Waals surface area contributed by atoms with Gasteiger partial charge >= 0.3 is 11.9 Å². The standard InChI is InChI=1S/C29H54O4/c1-3-5-7-9-11-12-13-14-15-17-22-26-29(32)33-27(23-19-16-10-8-6-4-2)24-20-18-21-25-28(30)31/h9,11,27H,3-8,10,12-26H2,1-2H3,(H,30,31)/b11-9-. The smallest absolute Gasteiger partial charge is 0.306 e. The van der Waals surface area contributed by atoms with E-state index in [2.05, 4.69) is 26.0 Å². The third kappa shape index (κ3) is 25.1. The van der Waals surface area contributed by atoms with Gasteiger partial charge in [-0.3, -0.25) is 9.59 Å². The molecule has 0 aromatic carbocycles. The monoisotopic (exact) mass is 466 g/mol. The Morgan fingerprint density at radius 2 is 1.12 bits per heavy atom. The van der Waals surface area contributed by atoms with Crippen LogP contribution in [0.4, 0.5) is 0 Å². The molecule has 0 heterocycles. The molecule has 0 rings (SSSR count). The minimum Gasteiger partial charge on any atom is -0.481 e. The molecule has 0 aromatic rings. The number of ether oxygens (including phenoxy) is 1. The number of carbonyl (C=O) groups excluding carboxylic acids is 1. The van der Waals surface area contributed by atoms with Crippen molar-refractivity contribution >= 4 is 11.9 Å². The van der Waals surface area contributed by atoms with Gasteiger partial charge in [0.15, 0.2) is 0 Å². The minimum atomic E-state index is -0.728. The zero-order valence-corrected chi connectivity index (χ0v) is 22.0. The van der Waals surface area contributed by atoms with Crippen LogP contribution < -0.4 is 0 Å². The van der Waals surface area contributed by atoms with Crippen molar-refractivity contribution in [1.29, 1.82) is 0 Å². The van der Waals surface area contributed by atoms with Crippen molar-refractivity contribution in [2.75, 3.05) is 0 Å². The molecule has 0 aliphatic carbocycles. The topological polar surface area (TPSA) is 63.6 Å². The van der Waals surface area contributed by atoms with Crippen LogP contribution in [0.2, 0.25) is 0 Å². The van der Waals surface area contributed by atoms with Crippen molar-refractivity contribution in [2.45, 2.75) is 161 Å². The molecule has 0 saturated heterocycles. The van der Waals surface area contributed by atoms with E-state index in [1.807, 2.05) is 0 Å². The molecule has 4 heteroatoms. The molecule has 33 heavy (non-hydrogen) atoms. The lowest BCUT2D eigenvalue weighted by Crippen LogP contribution is -2.18. The number of rotatable bonds is 25. The lowest BCUT2D eigenvalue weighted by Gasteiger charge is -2.18. The van der Waals surface area contributed by atoms with Crippen LogP contribution in [0.1, 0.15) is 155 Å². The second-order valence-corrected chi connectivity index (χ2v) is 9.58. The first-order valence-electron chi connectivity index (χ1n) is 14.2. The van der Waals surface area contributed by atoms with Gasteiger partial charge in [-0.2, -0.15) is 0 Å². The quantitative estimate of drug-likeness (QED) is 0.0827. The zero-order chi connectivity index (χ0) is 24.4. The Labute approximate surface area is 204 Å². The van der Waals surface area contributed by atoms with Crippen LogP contribution in [0.15, 0.2) is 12.2 Å². The first-order valence-corrected chi connectivity index (χ1v) is 14.2. The van der Waals surface area contributed by atoms with Crippen molar-refractivity contribution in [3.63, 3.8) is 0 Å². The van der Waals surface area contributed by atoms with Gasteiger partial charge in [-0.05, 0) is 57.8 Å². The number of aliphatic carboxylic acids is 1. The van der Waals surface area contributed by atoms with E-state index < -0.39 is 5.97 Å². The highest BCUT2D eigenvalue weighted by molar-refractivity contribution is 5.69. The summed E-state index contributed by atoms with van der Waals surface area (Å²) in [5, 5.41) is 8.78. The van der Waals surface area contributed by atoms with Crippen LogP contribution >= 0.6 is 0 Å². The van der Waals surface area contributed by atoms with Gasteiger partial charge in [0.05, 0.1) is 0 Å². The maximum absolute atomic E-state index is 12.4. The average molecular weight is 467 g/mol. The van der Waals surface area contributed by atoms with E-state index in [-0.39, 0.29) is 18.5 Å². The summed E-state index contributed by atoms with van der Waals surface area (Å²) in [6.07, 6.45) is 27.9. The number of hydrogen-bond donors (Lipinski definition) is 1. The minimum absolute atomic E-state index is 0.00741. The summed E-state index contributed by atoms with van der Waals surface area (Å²) in [5.41, 5.74) is 0. The van der Waals surface area contributed by atoms with E-state index in [1.165, 1.54) is 77.0 Å². The van der Waals surface area contributed by atoms with Gasteiger partial charge in [0, 0.05) is 12.8 Å². The molecule has 0 amide bonds. The second kappa shape index (κ2) is 25.3. The highest BCUT2D eigenvalue weighted by Gasteiger charge is 2.14. The zero-order valence-electron chi connectivity index (χ0n) is 22.0. The molecule has 0 spiro atoms. The summed E-state index contributed by atoms with van der Waals surface area (Å²) in [6, 6.07) is 0. The van der Waals surface area contributed by atoms with Gasteiger partial charge in [0.2, 0.25) is 0 Å². The number of hydrogen-bond acceptors (Lipinski definition) is 3. The molecule has 0 radical (unpaired) electrons. The number of carboxylic acid groups (broad SMARTS) is 1. The van der Waals surface area contributed by atoms with E-state index >= 15 is 0 Å². The lowest BCUT2D eigenvalue weighted by molar-refractivity contribution is -0.150. The van der Waals surface area contributed by atoms with Gasteiger partial charge in [-0.15, -0.1) is 0 Å². The number of unbranched alkanes of at least 4 members (excludes halogenated alkanes) is 14. The van der Waals surface area contributed by atoms with Crippen LogP contribution in [0.3, 0.4) is 0 Å². The Morgan fingerprint density at radius 3 is 1.76 bits per heavy atom. The Hall–Kier alpha value is -1.32. The molecule has 0 aliphatic heterocycles. The predicted octanol–water partition coefficient (Wildman–Crippen LogP) is 9.16. The summed E-state index contributed by atoms with van der Waals surface area (Å²) in [6.45, 7) is 4.46. The van der Waals surface area contributed by atoms with Crippen LogP contribution in [-0.2, 0) is 14.3 Å². The number of allylic oxidation sites excluding steroid dienone is 2. The van der Waals surface area contributed by atoms with Crippen LogP contribution in [0, 0.1) is 0 Å². The molecule has 1 atom stereocenters. The Morgan fingerprint density at radius 1 is 0.636 bits per heavy atom. The first-order chi connectivity index (χ1) is 16.1. The predicted molar refractivity (Wildman–Crippen MR) is 140 cm³/mol. The third-order valence-corrected chi connectivity index (χ3v) is 6.24. The molecule has 1 N–H and O–H groups in total. The largest absolute Gasteiger partial charge is 0.481 e. The molecule has 0 fully saturated rings. The van der Waals surface area contributed by atoms with E-state index in [1.54, 1.807) is 0 Å². The van der Waals surface area contributed by atoms with Crippen molar-refractivity contribution in [3.05, 3.63) is 12.2 Å². The Bertz CT molecular complexity index is 472. The summed E-state index contributed by atoms with van der Waals surface area (Å²) in [5.74, 6) is -0.774. The van der Waals surface area contributed by atoms with Crippen molar-refractivity contribution in [1.82, 2.24) is 0 Å². The fourth-order valence-corrected chi connectivity index (χ4v) is 4.10. The Balaban J connectivity index is 3.97. The molecule has 1 unspecified atom stereocenters. The lowest BCUT2D eigenvalue weighted by atomic mass is 10.0. The number of carbonyl (C=O) groups is 2. The SMILES string of the molecule is CCCC/C=C\CCCCCCCC(=O)OC(CCCCCCCC)CCCCCC(=O)O. The molecular weight excluding hydrogens is 412 g/mol. The second-order valence-electron chi connectivity index (χ2n) is 9.58. The van der Waals surface area contributed by atoms with Crippen LogP contribution in [0.25, 0.3) is 0 Å². The van der Waals surface area contributed by atoms with Gasteiger partial charge in [-0.1, -0.05) is 96.6 Å². The van der Waals surface area contributed by atoms with Crippen LogP contribution in [-0.4, -0.2) is 23.1 Å². The van der Waals surface area contributed by atoms with Gasteiger partial charge in [0.1, 0.15) is 6.10 Å². The van der Waals surface area contributed by atoms with Crippen molar-refractivity contribution in [2.24, 2.45) is 0 Å². The maximum atomic E-state index is 12.4. The fourth-order valence-electron chi connectivity index (χ4n) is 4.10. The summed E-state index contributed by atoms with van der Waals surface area (Å²) in [4.78, 5) is 23.0. The van der Waals surface area contributed by atoms with Gasteiger partial charge in [0.25, 0.3) is 0 Å². The summed E-state index contributed by atoms with van der Waals surface area (Å²) >= 11 is 0. The van der Waals surface area contributed by atoms with Gasteiger partial charge in [-0.25, -0.2) is 0 Å². The van der Waals surface area contributed by atoms with Crippen LogP contribution in [0.5, 0.6) is 0 Å². The van der Waals surface area contributed by atoms with Gasteiger partial charge < -0.3 is 9.84 Å². The van der Waals surface area contributed by atoms with E-state index in [4.69, 9.17) is 9.84 Å². The molecule has 0 saturated carbocycles. The normalized spacial score (nSPS) is 12.3. The molecule has 4 nitrogen and oxygen atoms in total. The maximum Gasteiger partial charge on any atom is 0.306 e. The summed E-state index contributed by atoms with van der Waals surface area (Å²) in [7, 11) is 0. The average Bonchev–Trinajstić information content (AvgIpc) is 2.79. The number of carboxylic acids is 1. The molecule has 194 valence electrons. The molecule has 0 aliphatic rings. The van der Waals surface area contributed by atoms with E-state index in [0.717, 1.165) is 44.9 Å². The molecular formula is C29H54O4. The highest BCUT2D eigenvalue weighted by atomic mass is 16.5. The van der Waals surface area contributed by atoms with Crippen molar-refractivity contribution < 1.29 is 19.4 Å². The Kier molecular flexibility index (Phi) is 24.3. The van der Waals surface area contributed by atoms with Crippen molar-refractivity contribution in [3.8, 4) is 0 Å². The highest BCUT2D eigenvalue weighted by Crippen LogP contribution is 2.18.